The highest BCUT2D eigenvalue weighted by atomic mass is 16.1. The number of carbonyl (C=O) groups excluding carboxylic acids is 1. The van der Waals surface area contributed by atoms with Crippen LogP contribution in [0.25, 0.3) is 5.69 Å². The maximum absolute atomic E-state index is 12.2. The Kier molecular flexibility index (Phi) is 3.52. The number of nitrogens with two attached hydrogens (primary N) is 1. The lowest BCUT2D eigenvalue weighted by molar-refractivity contribution is 0.0933. The number of hydrogen-bond acceptors (Lipinski definition) is 3. The van der Waals surface area contributed by atoms with E-state index in [1.54, 1.807) is 10.9 Å². The van der Waals surface area contributed by atoms with Gasteiger partial charge in [0.25, 0.3) is 5.91 Å². The first-order valence-corrected chi connectivity index (χ1v) is 6.89. The minimum absolute atomic E-state index is 0.0561. The van der Waals surface area contributed by atoms with Crippen molar-refractivity contribution in [1.29, 1.82) is 0 Å². The molecule has 1 heterocycles. The third-order valence-electron chi connectivity index (χ3n) is 3.66. The number of hydrogen-bond donors (Lipinski definition) is 2. The molecule has 0 spiro atoms. The average molecular weight is 270 g/mol. The summed E-state index contributed by atoms with van der Waals surface area (Å²) in [6, 6.07) is 9.36. The molecule has 2 aromatic rings. The summed E-state index contributed by atoms with van der Waals surface area (Å²) in [4.78, 5) is 12.2. The first-order chi connectivity index (χ1) is 9.78. The molecular formula is C15H18N4O. The molecule has 104 valence electrons. The van der Waals surface area contributed by atoms with Crippen LogP contribution in [0.1, 0.15) is 23.2 Å². The minimum Gasteiger partial charge on any atom is -0.348 e. The fourth-order valence-electron chi connectivity index (χ4n) is 2.31. The van der Waals surface area contributed by atoms with Crippen molar-refractivity contribution in [3.63, 3.8) is 0 Å². The van der Waals surface area contributed by atoms with Crippen LogP contribution in [0.4, 0.5) is 0 Å². The third kappa shape index (κ3) is 2.72. The predicted molar refractivity (Wildman–Crippen MR) is 76.6 cm³/mol. The van der Waals surface area contributed by atoms with E-state index in [1.807, 2.05) is 36.5 Å². The molecular weight excluding hydrogens is 252 g/mol. The summed E-state index contributed by atoms with van der Waals surface area (Å²) in [5.41, 5.74) is 7.29. The Balaban J connectivity index is 1.69. The standard InChI is InChI=1S/C15H18N4O/c16-10-14(11-2-3-11)18-15(20)12-4-6-13(7-5-12)19-9-1-8-17-19/h1,4-9,11,14H,2-3,10,16H2,(H,18,20). The smallest absolute Gasteiger partial charge is 0.251 e. The average Bonchev–Trinajstić information content (AvgIpc) is 3.18. The zero-order chi connectivity index (χ0) is 13.9. The maximum atomic E-state index is 12.2. The van der Waals surface area contributed by atoms with E-state index in [-0.39, 0.29) is 11.9 Å². The van der Waals surface area contributed by atoms with Crippen LogP contribution < -0.4 is 11.1 Å². The van der Waals surface area contributed by atoms with E-state index >= 15 is 0 Å². The van der Waals surface area contributed by atoms with Crippen LogP contribution in [-0.2, 0) is 0 Å². The number of benzene rings is 1. The lowest BCUT2D eigenvalue weighted by atomic mass is 10.1. The maximum Gasteiger partial charge on any atom is 0.251 e. The third-order valence-corrected chi connectivity index (χ3v) is 3.66. The van der Waals surface area contributed by atoms with Gasteiger partial charge in [-0.05, 0) is 49.1 Å². The first kappa shape index (κ1) is 12.9. The molecule has 1 aromatic heterocycles. The summed E-state index contributed by atoms with van der Waals surface area (Å²) in [5.74, 6) is 0.506. The van der Waals surface area contributed by atoms with Crippen molar-refractivity contribution in [3.05, 3.63) is 48.3 Å². The molecule has 1 aliphatic carbocycles. The highest BCUT2D eigenvalue weighted by molar-refractivity contribution is 5.94. The Morgan fingerprint density at radius 1 is 1.40 bits per heavy atom. The van der Waals surface area contributed by atoms with Gasteiger partial charge in [0.15, 0.2) is 0 Å². The van der Waals surface area contributed by atoms with E-state index in [1.165, 1.54) is 12.8 Å². The van der Waals surface area contributed by atoms with Crippen LogP contribution in [-0.4, -0.2) is 28.3 Å². The second-order valence-electron chi connectivity index (χ2n) is 5.15. The van der Waals surface area contributed by atoms with E-state index in [2.05, 4.69) is 10.4 Å². The molecule has 0 bridgehead atoms. The van der Waals surface area contributed by atoms with E-state index < -0.39 is 0 Å². The molecule has 5 nitrogen and oxygen atoms in total. The van der Waals surface area contributed by atoms with Gasteiger partial charge in [0.2, 0.25) is 0 Å². The normalized spacial score (nSPS) is 15.8. The fourth-order valence-corrected chi connectivity index (χ4v) is 2.31. The lowest BCUT2D eigenvalue weighted by Crippen LogP contribution is -2.41. The van der Waals surface area contributed by atoms with Gasteiger partial charge in [-0.2, -0.15) is 5.10 Å². The topological polar surface area (TPSA) is 72.9 Å². The Morgan fingerprint density at radius 3 is 2.70 bits per heavy atom. The Morgan fingerprint density at radius 2 is 2.15 bits per heavy atom. The summed E-state index contributed by atoms with van der Waals surface area (Å²) in [6.45, 7) is 0.502. The number of nitrogens with zero attached hydrogens (tertiary/aromatic N) is 2. The molecule has 3 N–H and O–H groups in total. The van der Waals surface area contributed by atoms with Gasteiger partial charge in [-0.3, -0.25) is 4.79 Å². The van der Waals surface area contributed by atoms with Crippen LogP contribution in [0.5, 0.6) is 0 Å². The van der Waals surface area contributed by atoms with E-state index in [9.17, 15) is 4.79 Å². The molecule has 1 atom stereocenters. The van der Waals surface area contributed by atoms with Gasteiger partial charge in [-0.25, -0.2) is 4.68 Å². The molecule has 1 saturated carbocycles. The van der Waals surface area contributed by atoms with Gasteiger partial charge in [0, 0.05) is 30.5 Å². The van der Waals surface area contributed by atoms with Crippen LogP contribution in [0.2, 0.25) is 0 Å². The summed E-state index contributed by atoms with van der Waals surface area (Å²) < 4.78 is 1.76. The number of carbonyl (C=O) groups is 1. The molecule has 0 radical (unpaired) electrons. The van der Waals surface area contributed by atoms with Crippen molar-refractivity contribution in [1.82, 2.24) is 15.1 Å². The molecule has 0 saturated heterocycles. The van der Waals surface area contributed by atoms with E-state index in [0.717, 1.165) is 5.69 Å². The first-order valence-electron chi connectivity index (χ1n) is 6.89. The SMILES string of the molecule is NCC(NC(=O)c1ccc(-n2cccn2)cc1)C1CC1. The van der Waals surface area contributed by atoms with Crippen molar-refractivity contribution in [2.75, 3.05) is 6.54 Å². The molecule has 1 fully saturated rings. The number of nitrogens with one attached hydrogen (secondary N) is 1. The van der Waals surface area contributed by atoms with Crippen LogP contribution in [0.3, 0.4) is 0 Å². The Labute approximate surface area is 117 Å². The Bertz CT molecular complexity index is 572. The summed E-state index contributed by atoms with van der Waals surface area (Å²) in [6.07, 6.45) is 5.93. The van der Waals surface area contributed by atoms with Gasteiger partial charge >= 0.3 is 0 Å². The second kappa shape index (κ2) is 5.46. The summed E-state index contributed by atoms with van der Waals surface area (Å²) in [7, 11) is 0. The Hall–Kier alpha value is -2.14. The van der Waals surface area contributed by atoms with Crippen molar-refractivity contribution >= 4 is 5.91 Å². The van der Waals surface area contributed by atoms with Crippen LogP contribution >= 0.6 is 0 Å². The van der Waals surface area contributed by atoms with Crippen molar-refractivity contribution in [2.24, 2.45) is 11.7 Å². The largest absolute Gasteiger partial charge is 0.348 e. The van der Waals surface area contributed by atoms with Gasteiger partial charge in [0.1, 0.15) is 0 Å². The molecule has 5 heteroatoms. The highest BCUT2D eigenvalue weighted by Gasteiger charge is 2.31. The highest BCUT2D eigenvalue weighted by Crippen LogP contribution is 2.32. The monoisotopic (exact) mass is 270 g/mol. The molecule has 1 unspecified atom stereocenters. The second-order valence-corrected chi connectivity index (χ2v) is 5.15. The zero-order valence-corrected chi connectivity index (χ0v) is 11.2. The minimum atomic E-state index is -0.0561. The molecule has 20 heavy (non-hydrogen) atoms. The van der Waals surface area contributed by atoms with Gasteiger partial charge in [-0.15, -0.1) is 0 Å². The van der Waals surface area contributed by atoms with Crippen molar-refractivity contribution < 1.29 is 4.79 Å². The van der Waals surface area contributed by atoms with Crippen molar-refractivity contribution in [2.45, 2.75) is 18.9 Å². The van der Waals surface area contributed by atoms with Crippen LogP contribution in [0, 0.1) is 5.92 Å². The van der Waals surface area contributed by atoms with Crippen LogP contribution in [0.15, 0.2) is 42.7 Å². The predicted octanol–water partition coefficient (Wildman–Crippen LogP) is 1.34. The van der Waals surface area contributed by atoms with Gasteiger partial charge in [0.05, 0.1) is 5.69 Å². The van der Waals surface area contributed by atoms with Gasteiger partial charge < -0.3 is 11.1 Å². The van der Waals surface area contributed by atoms with E-state index in [4.69, 9.17) is 5.73 Å². The van der Waals surface area contributed by atoms with Crippen molar-refractivity contribution in [3.8, 4) is 5.69 Å². The number of aromatic nitrogens is 2. The molecule has 0 aliphatic heterocycles. The number of rotatable bonds is 5. The fraction of sp³-hybridized carbons (Fsp3) is 0.333. The summed E-state index contributed by atoms with van der Waals surface area (Å²) >= 11 is 0. The molecule has 1 amide bonds. The molecule has 1 aromatic carbocycles. The van der Waals surface area contributed by atoms with E-state index in [0.29, 0.717) is 18.0 Å². The van der Waals surface area contributed by atoms with Gasteiger partial charge in [-0.1, -0.05) is 0 Å². The molecule has 3 rings (SSSR count). The molecule has 1 aliphatic rings. The lowest BCUT2D eigenvalue weighted by Gasteiger charge is -2.16. The zero-order valence-electron chi connectivity index (χ0n) is 11.2. The summed E-state index contributed by atoms with van der Waals surface area (Å²) in [5, 5.41) is 7.17. The number of amides is 1. The quantitative estimate of drug-likeness (QED) is 0.861.